The summed E-state index contributed by atoms with van der Waals surface area (Å²) in [6.07, 6.45) is 0. The molecule has 0 saturated heterocycles. The van der Waals surface area contributed by atoms with Gasteiger partial charge in [-0.2, -0.15) is 0 Å². The van der Waals surface area contributed by atoms with Crippen LogP contribution in [0.25, 0.3) is 0 Å². The van der Waals surface area contributed by atoms with Crippen LogP contribution in [-0.2, 0) is 0 Å². The summed E-state index contributed by atoms with van der Waals surface area (Å²) in [7, 11) is 1.46. The Hall–Kier alpha value is -1.25. The lowest BCUT2D eigenvalue weighted by Gasteiger charge is -2.19. The van der Waals surface area contributed by atoms with E-state index < -0.39 is 0 Å². The molecule has 0 aliphatic carbocycles. The second kappa shape index (κ2) is 5.01. The first-order valence-electron chi connectivity index (χ1n) is 5.14. The van der Waals surface area contributed by atoms with E-state index in [-0.39, 0.29) is 11.6 Å². The lowest BCUT2D eigenvalue weighted by atomic mass is 10.1. The van der Waals surface area contributed by atoms with Crippen LogP contribution in [0.2, 0.25) is 0 Å². The Morgan fingerprint density at radius 3 is 2.40 bits per heavy atom. The van der Waals surface area contributed by atoms with E-state index in [9.17, 15) is 4.39 Å². The fraction of sp³-hybridized carbons (Fsp3) is 0.500. The second-order valence-electron chi connectivity index (χ2n) is 4.03. The fourth-order valence-corrected chi connectivity index (χ4v) is 1.19. The molecule has 0 aliphatic rings. The molecule has 1 atom stereocenters. The average molecular weight is 211 g/mol. The zero-order valence-electron chi connectivity index (χ0n) is 9.67. The van der Waals surface area contributed by atoms with Gasteiger partial charge in [0.2, 0.25) is 0 Å². The lowest BCUT2D eigenvalue weighted by Crippen LogP contribution is -2.21. The van der Waals surface area contributed by atoms with Gasteiger partial charge in [0.15, 0.2) is 11.6 Å². The molecule has 0 aromatic heterocycles. The number of hydrogen-bond donors (Lipinski definition) is 1. The van der Waals surface area contributed by atoms with Gasteiger partial charge in [0.1, 0.15) is 0 Å². The van der Waals surface area contributed by atoms with Crippen molar-refractivity contribution in [1.82, 2.24) is 0 Å². The molecule has 1 N–H and O–H groups in total. The Morgan fingerprint density at radius 2 is 1.93 bits per heavy atom. The Kier molecular flexibility index (Phi) is 3.95. The van der Waals surface area contributed by atoms with Crippen LogP contribution in [0.3, 0.4) is 0 Å². The van der Waals surface area contributed by atoms with Gasteiger partial charge < -0.3 is 10.1 Å². The summed E-state index contributed by atoms with van der Waals surface area (Å²) in [6.45, 7) is 6.32. The number of hydrogen-bond acceptors (Lipinski definition) is 2. The van der Waals surface area contributed by atoms with E-state index in [1.165, 1.54) is 13.2 Å². The molecular formula is C12H18FNO. The molecule has 1 aromatic carbocycles. The molecule has 3 heteroatoms. The minimum absolute atomic E-state index is 0.276. The van der Waals surface area contributed by atoms with Crippen LogP contribution < -0.4 is 10.1 Å². The Morgan fingerprint density at radius 1 is 1.27 bits per heavy atom. The van der Waals surface area contributed by atoms with Crippen molar-refractivity contribution in [1.29, 1.82) is 0 Å². The highest BCUT2D eigenvalue weighted by atomic mass is 19.1. The zero-order valence-corrected chi connectivity index (χ0v) is 9.67. The van der Waals surface area contributed by atoms with Crippen LogP contribution in [0.4, 0.5) is 10.1 Å². The summed E-state index contributed by atoms with van der Waals surface area (Å²) in [6, 6.07) is 5.22. The molecule has 15 heavy (non-hydrogen) atoms. The maximum Gasteiger partial charge on any atom is 0.167 e. The number of halogens is 1. The van der Waals surface area contributed by atoms with E-state index in [1.54, 1.807) is 6.07 Å². The minimum Gasteiger partial charge on any atom is -0.494 e. The van der Waals surface area contributed by atoms with E-state index in [0.717, 1.165) is 5.69 Å². The van der Waals surface area contributed by atoms with Crippen LogP contribution in [0.1, 0.15) is 20.8 Å². The normalized spacial score (nSPS) is 12.7. The molecule has 0 unspecified atom stereocenters. The van der Waals surface area contributed by atoms with E-state index in [2.05, 4.69) is 26.1 Å². The standard InChI is InChI=1S/C12H18FNO/c1-8(2)9(3)14-10-5-6-12(15-4)11(13)7-10/h5-9,14H,1-4H3/t9-/m1/s1. The van der Waals surface area contributed by atoms with Crippen LogP contribution in [0.5, 0.6) is 5.75 Å². The number of rotatable bonds is 4. The molecule has 0 heterocycles. The number of anilines is 1. The van der Waals surface area contributed by atoms with Gasteiger partial charge >= 0.3 is 0 Å². The molecule has 0 bridgehead atoms. The maximum atomic E-state index is 13.3. The van der Waals surface area contributed by atoms with E-state index in [4.69, 9.17) is 4.74 Å². The predicted octanol–water partition coefficient (Wildman–Crippen LogP) is 3.29. The first-order chi connectivity index (χ1) is 7.04. The van der Waals surface area contributed by atoms with Gasteiger partial charge in [-0.15, -0.1) is 0 Å². The van der Waals surface area contributed by atoms with Gasteiger partial charge in [0.25, 0.3) is 0 Å². The van der Waals surface area contributed by atoms with Gasteiger partial charge in [-0.25, -0.2) is 4.39 Å². The number of methoxy groups -OCH3 is 1. The van der Waals surface area contributed by atoms with Crippen molar-refractivity contribution < 1.29 is 9.13 Å². The third-order valence-corrected chi connectivity index (χ3v) is 2.55. The largest absolute Gasteiger partial charge is 0.494 e. The van der Waals surface area contributed by atoms with Crippen LogP contribution in [0.15, 0.2) is 18.2 Å². The van der Waals surface area contributed by atoms with E-state index >= 15 is 0 Å². The van der Waals surface area contributed by atoms with Gasteiger partial charge in [-0.1, -0.05) is 13.8 Å². The van der Waals surface area contributed by atoms with Crippen LogP contribution >= 0.6 is 0 Å². The molecular weight excluding hydrogens is 193 g/mol. The molecule has 84 valence electrons. The summed E-state index contributed by atoms with van der Waals surface area (Å²) in [5.74, 6) is 0.450. The van der Waals surface area contributed by atoms with Gasteiger partial charge in [-0.05, 0) is 25.0 Å². The Bertz CT molecular complexity index is 325. The molecule has 0 aliphatic heterocycles. The van der Waals surface area contributed by atoms with Crippen molar-refractivity contribution in [2.24, 2.45) is 5.92 Å². The molecule has 0 radical (unpaired) electrons. The summed E-state index contributed by atoms with van der Waals surface area (Å²) >= 11 is 0. The highest BCUT2D eigenvalue weighted by Crippen LogP contribution is 2.21. The molecule has 1 rings (SSSR count). The molecule has 1 aromatic rings. The predicted molar refractivity (Wildman–Crippen MR) is 60.9 cm³/mol. The van der Waals surface area contributed by atoms with E-state index in [1.807, 2.05) is 6.07 Å². The molecule has 0 saturated carbocycles. The minimum atomic E-state index is -0.335. The van der Waals surface area contributed by atoms with Gasteiger partial charge in [0, 0.05) is 17.8 Å². The van der Waals surface area contributed by atoms with E-state index in [0.29, 0.717) is 12.0 Å². The number of ether oxygens (including phenoxy) is 1. The van der Waals surface area contributed by atoms with Crippen molar-refractivity contribution in [2.45, 2.75) is 26.8 Å². The van der Waals surface area contributed by atoms with Crippen LogP contribution in [0, 0.1) is 11.7 Å². The van der Waals surface area contributed by atoms with Crippen molar-refractivity contribution in [2.75, 3.05) is 12.4 Å². The topological polar surface area (TPSA) is 21.3 Å². The van der Waals surface area contributed by atoms with Crippen molar-refractivity contribution in [3.05, 3.63) is 24.0 Å². The monoisotopic (exact) mass is 211 g/mol. The van der Waals surface area contributed by atoms with Crippen molar-refractivity contribution in [3.63, 3.8) is 0 Å². The number of nitrogens with one attached hydrogen (secondary N) is 1. The lowest BCUT2D eigenvalue weighted by molar-refractivity contribution is 0.386. The average Bonchev–Trinajstić information content (AvgIpc) is 2.18. The highest BCUT2D eigenvalue weighted by molar-refractivity contribution is 5.47. The number of benzene rings is 1. The molecule has 0 fully saturated rings. The third-order valence-electron chi connectivity index (χ3n) is 2.55. The second-order valence-corrected chi connectivity index (χ2v) is 4.03. The first-order valence-corrected chi connectivity index (χ1v) is 5.14. The van der Waals surface area contributed by atoms with Gasteiger partial charge in [0.05, 0.1) is 7.11 Å². The Labute approximate surface area is 90.4 Å². The van der Waals surface area contributed by atoms with Crippen molar-refractivity contribution in [3.8, 4) is 5.75 Å². The quantitative estimate of drug-likeness (QED) is 0.825. The van der Waals surface area contributed by atoms with Crippen molar-refractivity contribution >= 4 is 5.69 Å². The molecule has 0 spiro atoms. The fourth-order valence-electron chi connectivity index (χ4n) is 1.19. The smallest absolute Gasteiger partial charge is 0.167 e. The maximum absolute atomic E-state index is 13.3. The van der Waals surface area contributed by atoms with Gasteiger partial charge in [-0.3, -0.25) is 0 Å². The highest BCUT2D eigenvalue weighted by Gasteiger charge is 2.08. The zero-order chi connectivity index (χ0) is 11.4. The molecule has 0 amide bonds. The summed E-state index contributed by atoms with van der Waals surface area (Å²) < 4.78 is 18.2. The summed E-state index contributed by atoms with van der Waals surface area (Å²) in [5, 5.41) is 3.24. The Balaban J connectivity index is 2.75. The molecule has 2 nitrogen and oxygen atoms in total. The summed E-state index contributed by atoms with van der Waals surface area (Å²) in [4.78, 5) is 0. The summed E-state index contributed by atoms with van der Waals surface area (Å²) in [5.41, 5.74) is 0.787. The van der Waals surface area contributed by atoms with Crippen LogP contribution in [-0.4, -0.2) is 13.2 Å². The first kappa shape index (κ1) is 11.8. The third kappa shape index (κ3) is 3.11. The SMILES string of the molecule is COc1ccc(N[C@H](C)C(C)C)cc1F.